The monoisotopic (exact) mass is 355 g/mol. The highest BCUT2D eigenvalue weighted by molar-refractivity contribution is 5.60. The molecular weight excluding hydrogens is 334 g/mol. The van der Waals surface area contributed by atoms with Crippen LogP contribution in [0.25, 0.3) is 6.08 Å². The standard InChI is InChI=1S/C23H21N3O/c1-15-9-19(20(13-24)14-25)12-21(27-15)6-5-16-10-17-3-2-4-22-23(17)18(11-16)7-8-26-22/h5-6,9-12,22,26H,2-4,7-8H2,1H3/b6-5+. The minimum atomic E-state index is 0.0975. The Balaban J connectivity index is 1.65. The molecule has 0 saturated heterocycles. The molecule has 134 valence electrons. The van der Waals surface area contributed by atoms with E-state index in [1.54, 1.807) is 12.2 Å². The molecule has 0 saturated carbocycles. The number of aryl methyl sites for hydroxylation is 1. The van der Waals surface area contributed by atoms with E-state index in [1.165, 1.54) is 35.1 Å². The maximum atomic E-state index is 9.10. The predicted octanol–water partition coefficient (Wildman–Crippen LogP) is 4.38. The number of rotatable bonds is 2. The molecule has 3 aliphatic rings. The van der Waals surface area contributed by atoms with Crippen molar-refractivity contribution >= 4 is 6.08 Å². The number of ether oxygens (including phenoxy) is 1. The van der Waals surface area contributed by atoms with Crippen LogP contribution in [0.5, 0.6) is 0 Å². The Morgan fingerprint density at radius 1 is 1.15 bits per heavy atom. The van der Waals surface area contributed by atoms with Crippen molar-refractivity contribution in [3.8, 4) is 12.1 Å². The molecule has 0 amide bonds. The largest absolute Gasteiger partial charge is 0.462 e. The summed E-state index contributed by atoms with van der Waals surface area (Å²) in [6.07, 6.45) is 12.1. The van der Waals surface area contributed by atoms with E-state index in [4.69, 9.17) is 15.3 Å². The van der Waals surface area contributed by atoms with Crippen LogP contribution in [0.3, 0.4) is 0 Å². The zero-order valence-corrected chi connectivity index (χ0v) is 15.4. The van der Waals surface area contributed by atoms with Gasteiger partial charge >= 0.3 is 0 Å². The summed E-state index contributed by atoms with van der Waals surface area (Å²) in [5, 5.41) is 21.8. The first-order valence-electron chi connectivity index (χ1n) is 9.37. The van der Waals surface area contributed by atoms with Crippen molar-refractivity contribution in [1.29, 1.82) is 10.5 Å². The first-order chi connectivity index (χ1) is 13.2. The molecule has 1 atom stereocenters. The fraction of sp³-hybridized carbons (Fsp3) is 0.304. The molecule has 2 aliphatic heterocycles. The zero-order valence-electron chi connectivity index (χ0n) is 15.4. The molecule has 0 radical (unpaired) electrons. The van der Waals surface area contributed by atoms with Crippen molar-refractivity contribution in [2.24, 2.45) is 0 Å². The molecular formula is C23H21N3O. The van der Waals surface area contributed by atoms with Crippen molar-refractivity contribution in [3.63, 3.8) is 0 Å². The Bertz CT molecular complexity index is 948. The first-order valence-corrected chi connectivity index (χ1v) is 9.37. The summed E-state index contributed by atoms with van der Waals surface area (Å²) in [6, 6.07) is 8.97. The van der Waals surface area contributed by atoms with Crippen molar-refractivity contribution < 1.29 is 4.74 Å². The fourth-order valence-electron chi connectivity index (χ4n) is 4.21. The van der Waals surface area contributed by atoms with Crippen LogP contribution in [0.1, 0.15) is 48.1 Å². The summed E-state index contributed by atoms with van der Waals surface area (Å²) in [7, 11) is 0. The van der Waals surface area contributed by atoms with Crippen molar-refractivity contribution in [1.82, 2.24) is 5.32 Å². The molecule has 0 fully saturated rings. The third-order valence-electron chi connectivity index (χ3n) is 5.33. The molecule has 4 heteroatoms. The lowest BCUT2D eigenvalue weighted by atomic mass is 9.80. The van der Waals surface area contributed by atoms with Crippen molar-refractivity contribution in [3.05, 3.63) is 75.3 Å². The molecule has 0 aromatic heterocycles. The van der Waals surface area contributed by atoms with E-state index in [0.29, 0.717) is 23.1 Å². The number of nitrogens with one attached hydrogen (secondary N) is 1. The van der Waals surface area contributed by atoms with Gasteiger partial charge in [0.25, 0.3) is 0 Å². The lowest BCUT2D eigenvalue weighted by molar-refractivity contribution is 0.318. The van der Waals surface area contributed by atoms with Gasteiger partial charge in [-0.2, -0.15) is 10.5 Å². The van der Waals surface area contributed by atoms with Gasteiger partial charge in [-0.3, -0.25) is 0 Å². The highest BCUT2D eigenvalue weighted by atomic mass is 16.5. The Morgan fingerprint density at radius 2 is 1.93 bits per heavy atom. The summed E-state index contributed by atoms with van der Waals surface area (Å²) in [5.41, 5.74) is 6.31. The molecule has 4 rings (SSSR count). The lowest BCUT2D eigenvalue weighted by Crippen LogP contribution is -2.33. The molecule has 1 N–H and O–H groups in total. The second kappa shape index (κ2) is 7.27. The van der Waals surface area contributed by atoms with Gasteiger partial charge in [0.2, 0.25) is 0 Å². The highest BCUT2D eigenvalue weighted by Crippen LogP contribution is 2.36. The van der Waals surface area contributed by atoms with E-state index in [-0.39, 0.29) is 5.57 Å². The Morgan fingerprint density at radius 3 is 2.70 bits per heavy atom. The van der Waals surface area contributed by atoms with Gasteiger partial charge in [-0.25, -0.2) is 0 Å². The molecule has 4 nitrogen and oxygen atoms in total. The van der Waals surface area contributed by atoms with Gasteiger partial charge in [0, 0.05) is 11.6 Å². The van der Waals surface area contributed by atoms with Crippen LogP contribution in [0, 0.1) is 22.7 Å². The van der Waals surface area contributed by atoms with E-state index in [9.17, 15) is 0 Å². The predicted molar refractivity (Wildman–Crippen MR) is 104 cm³/mol. The van der Waals surface area contributed by atoms with Gasteiger partial charge < -0.3 is 10.1 Å². The molecule has 1 unspecified atom stereocenters. The number of allylic oxidation sites excluding steroid dienone is 6. The lowest BCUT2D eigenvalue weighted by Gasteiger charge is -2.33. The molecule has 1 aliphatic carbocycles. The minimum absolute atomic E-state index is 0.0975. The Hall–Kier alpha value is -3.08. The molecule has 1 aromatic rings. The summed E-state index contributed by atoms with van der Waals surface area (Å²) in [4.78, 5) is 0. The average Bonchev–Trinajstić information content (AvgIpc) is 2.67. The van der Waals surface area contributed by atoms with E-state index < -0.39 is 0 Å². The van der Waals surface area contributed by atoms with Crippen LogP contribution >= 0.6 is 0 Å². The third kappa shape index (κ3) is 3.45. The third-order valence-corrected chi connectivity index (χ3v) is 5.33. The maximum absolute atomic E-state index is 9.10. The molecule has 0 spiro atoms. The SMILES string of the molecule is CC1=CC(=C(C#N)C#N)C=C(/C=C/c2cc3c4c(c2)CCNC4CCC3)O1. The van der Waals surface area contributed by atoms with Crippen LogP contribution in [0.15, 0.2) is 53.0 Å². The van der Waals surface area contributed by atoms with Crippen LogP contribution in [0.2, 0.25) is 0 Å². The van der Waals surface area contributed by atoms with E-state index >= 15 is 0 Å². The normalized spacial score (nSPS) is 20.7. The quantitative estimate of drug-likeness (QED) is 0.799. The van der Waals surface area contributed by atoms with Gasteiger partial charge in [-0.15, -0.1) is 0 Å². The van der Waals surface area contributed by atoms with Crippen LogP contribution in [0.4, 0.5) is 0 Å². The first kappa shape index (κ1) is 17.3. The van der Waals surface area contributed by atoms with Gasteiger partial charge in [0.1, 0.15) is 29.2 Å². The van der Waals surface area contributed by atoms with Gasteiger partial charge in [0.05, 0.1) is 0 Å². The Labute approximate surface area is 159 Å². The van der Waals surface area contributed by atoms with Crippen LogP contribution in [-0.4, -0.2) is 6.54 Å². The summed E-state index contributed by atoms with van der Waals surface area (Å²) >= 11 is 0. The van der Waals surface area contributed by atoms with Crippen molar-refractivity contribution in [2.75, 3.05) is 6.54 Å². The summed E-state index contributed by atoms with van der Waals surface area (Å²) in [6.45, 7) is 2.87. The molecule has 1 aromatic carbocycles. The van der Waals surface area contributed by atoms with Gasteiger partial charge in [-0.1, -0.05) is 18.2 Å². The number of hydrogen-bond acceptors (Lipinski definition) is 4. The topological polar surface area (TPSA) is 68.8 Å². The van der Waals surface area contributed by atoms with Crippen LogP contribution < -0.4 is 5.32 Å². The second-order valence-corrected chi connectivity index (χ2v) is 7.19. The molecule has 2 heterocycles. The fourth-order valence-corrected chi connectivity index (χ4v) is 4.21. The molecule has 27 heavy (non-hydrogen) atoms. The number of nitriles is 2. The van der Waals surface area contributed by atoms with E-state index in [2.05, 4.69) is 23.5 Å². The minimum Gasteiger partial charge on any atom is -0.462 e. The molecule has 0 bridgehead atoms. The number of benzene rings is 1. The van der Waals surface area contributed by atoms with Crippen molar-refractivity contribution in [2.45, 2.75) is 38.6 Å². The van der Waals surface area contributed by atoms with E-state index in [1.807, 2.05) is 25.1 Å². The smallest absolute Gasteiger partial charge is 0.137 e. The highest BCUT2D eigenvalue weighted by Gasteiger charge is 2.26. The maximum Gasteiger partial charge on any atom is 0.137 e. The summed E-state index contributed by atoms with van der Waals surface area (Å²) < 4.78 is 5.75. The summed E-state index contributed by atoms with van der Waals surface area (Å²) in [5.74, 6) is 1.31. The van der Waals surface area contributed by atoms with E-state index in [0.717, 1.165) is 19.4 Å². The number of nitrogens with zero attached hydrogens (tertiary/aromatic N) is 2. The van der Waals surface area contributed by atoms with Crippen LogP contribution in [-0.2, 0) is 17.6 Å². The average molecular weight is 355 g/mol. The Kier molecular flexibility index (Phi) is 4.67. The second-order valence-electron chi connectivity index (χ2n) is 7.19. The number of hydrogen-bond donors (Lipinski definition) is 1. The van der Waals surface area contributed by atoms with Gasteiger partial charge in [0.15, 0.2) is 0 Å². The van der Waals surface area contributed by atoms with Gasteiger partial charge in [-0.05, 0) is 79.6 Å². The zero-order chi connectivity index (χ0) is 18.8.